The molecule has 1 fully saturated rings. The second kappa shape index (κ2) is 5.31. The fourth-order valence-electron chi connectivity index (χ4n) is 2.76. The summed E-state index contributed by atoms with van der Waals surface area (Å²) in [4.78, 5) is 0. The van der Waals surface area contributed by atoms with E-state index in [9.17, 15) is 22.0 Å². The van der Waals surface area contributed by atoms with Crippen LogP contribution in [0.4, 0.5) is 22.0 Å². The zero-order valence-electron chi connectivity index (χ0n) is 10.8. The molecule has 0 amide bonds. The molecule has 1 aliphatic rings. The molecule has 0 aromatic heterocycles. The number of nitrogens with two attached hydrogens (primary N) is 1. The summed E-state index contributed by atoms with van der Waals surface area (Å²) in [6.07, 6.45) is -3.94. The standard InChI is InChI=1S/C14H16F5N/c15-11-3-1-2-9(12(11)16)8-13(20)6-4-10(5-7-13)14(17,18)19/h1-3,10H,4-8,20H2. The minimum atomic E-state index is -4.20. The van der Waals surface area contributed by atoms with Gasteiger partial charge in [-0.05, 0) is 43.7 Å². The molecule has 20 heavy (non-hydrogen) atoms. The molecule has 1 saturated carbocycles. The van der Waals surface area contributed by atoms with Crippen molar-refractivity contribution < 1.29 is 22.0 Å². The fourth-order valence-corrected chi connectivity index (χ4v) is 2.76. The van der Waals surface area contributed by atoms with Crippen molar-refractivity contribution in [3.8, 4) is 0 Å². The zero-order chi connectivity index (χ0) is 15.0. The van der Waals surface area contributed by atoms with Gasteiger partial charge in [0, 0.05) is 5.54 Å². The van der Waals surface area contributed by atoms with Crippen molar-refractivity contribution in [2.24, 2.45) is 11.7 Å². The highest BCUT2D eigenvalue weighted by Gasteiger charge is 2.44. The average molecular weight is 293 g/mol. The van der Waals surface area contributed by atoms with Gasteiger partial charge >= 0.3 is 6.18 Å². The number of alkyl halides is 3. The van der Waals surface area contributed by atoms with Crippen LogP contribution in [0, 0.1) is 17.6 Å². The normalized spacial score (nSPS) is 27.6. The first-order valence-corrected chi connectivity index (χ1v) is 6.50. The van der Waals surface area contributed by atoms with Gasteiger partial charge in [-0.1, -0.05) is 12.1 Å². The Kier molecular flexibility index (Phi) is 4.04. The summed E-state index contributed by atoms with van der Waals surface area (Å²) in [5, 5.41) is 0. The lowest BCUT2D eigenvalue weighted by atomic mass is 9.74. The molecular formula is C14H16F5N. The highest BCUT2D eigenvalue weighted by molar-refractivity contribution is 5.21. The smallest absolute Gasteiger partial charge is 0.325 e. The van der Waals surface area contributed by atoms with E-state index < -0.39 is 29.3 Å². The van der Waals surface area contributed by atoms with Crippen molar-refractivity contribution in [2.45, 2.75) is 43.8 Å². The molecule has 2 rings (SSSR count). The van der Waals surface area contributed by atoms with Gasteiger partial charge in [0.2, 0.25) is 0 Å². The van der Waals surface area contributed by atoms with Gasteiger partial charge in [-0.25, -0.2) is 8.78 Å². The summed E-state index contributed by atoms with van der Waals surface area (Å²) in [5.74, 6) is -3.26. The van der Waals surface area contributed by atoms with Crippen molar-refractivity contribution in [1.82, 2.24) is 0 Å². The van der Waals surface area contributed by atoms with Crippen molar-refractivity contribution in [2.75, 3.05) is 0 Å². The second-order valence-electron chi connectivity index (χ2n) is 5.57. The highest BCUT2D eigenvalue weighted by Crippen LogP contribution is 2.41. The minimum absolute atomic E-state index is 0.0567. The number of hydrogen-bond acceptors (Lipinski definition) is 1. The molecular weight excluding hydrogens is 277 g/mol. The van der Waals surface area contributed by atoms with Gasteiger partial charge in [0.1, 0.15) is 0 Å². The van der Waals surface area contributed by atoms with E-state index in [0.29, 0.717) is 0 Å². The molecule has 0 unspecified atom stereocenters. The Morgan fingerprint density at radius 3 is 2.30 bits per heavy atom. The predicted octanol–water partition coefficient (Wildman–Crippen LogP) is 3.96. The van der Waals surface area contributed by atoms with E-state index >= 15 is 0 Å². The van der Waals surface area contributed by atoms with E-state index in [1.54, 1.807) is 0 Å². The number of halogens is 5. The number of benzene rings is 1. The maximum Gasteiger partial charge on any atom is 0.391 e. The molecule has 0 radical (unpaired) electrons. The summed E-state index contributed by atoms with van der Waals surface area (Å²) in [7, 11) is 0. The van der Waals surface area contributed by atoms with Crippen LogP contribution in [0.1, 0.15) is 31.2 Å². The Hall–Kier alpha value is -1.17. The van der Waals surface area contributed by atoms with Gasteiger partial charge in [0.25, 0.3) is 0 Å². The minimum Gasteiger partial charge on any atom is -0.325 e. The Morgan fingerprint density at radius 1 is 1.15 bits per heavy atom. The van der Waals surface area contributed by atoms with Gasteiger partial charge in [-0.15, -0.1) is 0 Å². The molecule has 1 aliphatic carbocycles. The lowest BCUT2D eigenvalue weighted by Crippen LogP contribution is -2.47. The first-order chi connectivity index (χ1) is 9.21. The summed E-state index contributed by atoms with van der Waals surface area (Å²) in [6, 6.07) is 3.80. The molecule has 0 heterocycles. The Labute approximate surface area is 114 Å². The topological polar surface area (TPSA) is 26.0 Å². The van der Waals surface area contributed by atoms with E-state index in [2.05, 4.69) is 0 Å². The van der Waals surface area contributed by atoms with Crippen LogP contribution in [0.25, 0.3) is 0 Å². The van der Waals surface area contributed by atoms with Crippen molar-refractivity contribution in [3.05, 3.63) is 35.4 Å². The zero-order valence-corrected chi connectivity index (χ0v) is 10.8. The maximum absolute atomic E-state index is 13.6. The molecule has 2 N–H and O–H groups in total. The lowest BCUT2D eigenvalue weighted by Gasteiger charge is -2.38. The molecule has 0 atom stereocenters. The summed E-state index contributed by atoms with van der Waals surface area (Å²) in [6.45, 7) is 0. The molecule has 6 heteroatoms. The molecule has 0 aliphatic heterocycles. The largest absolute Gasteiger partial charge is 0.391 e. The summed E-state index contributed by atoms with van der Waals surface area (Å²) >= 11 is 0. The molecule has 0 bridgehead atoms. The Balaban J connectivity index is 2.05. The SMILES string of the molecule is NC1(Cc2cccc(F)c2F)CCC(C(F)(F)F)CC1. The molecule has 1 nitrogen and oxygen atoms in total. The third-order valence-electron chi connectivity index (χ3n) is 4.02. The van der Waals surface area contributed by atoms with Gasteiger partial charge in [0.05, 0.1) is 5.92 Å². The van der Waals surface area contributed by atoms with Crippen LogP contribution in [0.5, 0.6) is 0 Å². The van der Waals surface area contributed by atoms with Gasteiger partial charge in [0.15, 0.2) is 11.6 Å². The van der Waals surface area contributed by atoms with Gasteiger partial charge in [-0.2, -0.15) is 13.2 Å². The summed E-state index contributed by atoms with van der Waals surface area (Å²) in [5.41, 5.74) is 5.29. The molecule has 112 valence electrons. The van der Waals surface area contributed by atoms with Crippen LogP contribution < -0.4 is 5.73 Å². The maximum atomic E-state index is 13.6. The van der Waals surface area contributed by atoms with Gasteiger partial charge < -0.3 is 5.73 Å². The highest BCUT2D eigenvalue weighted by atomic mass is 19.4. The monoisotopic (exact) mass is 293 g/mol. The van der Waals surface area contributed by atoms with E-state index in [1.165, 1.54) is 12.1 Å². The third kappa shape index (κ3) is 3.29. The van der Waals surface area contributed by atoms with E-state index in [1.807, 2.05) is 0 Å². The fraction of sp³-hybridized carbons (Fsp3) is 0.571. The Morgan fingerprint density at radius 2 is 1.75 bits per heavy atom. The average Bonchev–Trinajstić information content (AvgIpc) is 2.34. The second-order valence-corrected chi connectivity index (χ2v) is 5.57. The lowest BCUT2D eigenvalue weighted by molar-refractivity contribution is -0.184. The van der Waals surface area contributed by atoms with Crippen LogP contribution in [0.15, 0.2) is 18.2 Å². The van der Waals surface area contributed by atoms with Gasteiger partial charge in [-0.3, -0.25) is 0 Å². The number of hydrogen-bond donors (Lipinski definition) is 1. The van der Waals surface area contributed by atoms with Crippen LogP contribution >= 0.6 is 0 Å². The van der Waals surface area contributed by atoms with Crippen molar-refractivity contribution >= 4 is 0 Å². The van der Waals surface area contributed by atoms with Crippen molar-refractivity contribution in [1.29, 1.82) is 0 Å². The molecule has 1 aromatic rings. The third-order valence-corrected chi connectivity index (χ3v) is 4.02. The van der Waals surface area contributed by atoms with Crippen molar-refractivity contribution in [3.63, 3.8) is 0 Å². The molecule has 0 spiro atoms. The summed E-state index contributed by atoms with van der Waals surface area (Å²) < 4.78 is 64.5. The van der Waals surface area contributed by atoms with Crippen LogP contribution in [0.2, 0.25) is 0 Å². The van der Waals surface area contributed by atoms with Crippen LogP contribution in [-0.4, -0.2) is 11.7 Å². The van der Waals surface area contributed by atoms with E-state index in [-0.39, 0.29) is 37.7 Å². The Bertz CT molecular complexity index is 475. The first-order valence-electron chi connectivity index (χ1n) is 6.50. The number of rotatable bonds is 2. The molecule has 1 aromatic carbocycles. The van der Waals surface area contributed by atoms with E-state index in [0.717, 1.165) is 6.07 Å². The van der Waals surface area contributed by atoms with E-state index in [4.69, 9.17) is 5.73 Å². The van der Waals surface area contributed by atoms with Crippen LogP contribution in [-0.2, 0) is 6.42 Å². The predicted molar refractivity (Wildman–Crippen MR) is 65.0 cm³/mol. The molecule has 0 saturated heterocycles. The first kappa shape index (κ1) is 15.2. The van der Waals surface area contributed by atoms with Crippen LogP contribution in [0.3, 0.4) is 0 Å². The quantitative estimate of drug-likeness (QED) is 0.821.